The zero-order valence-corrected chi connectivity index (χ0v) is 14.6. The molecule has 0 aromatic rings. The fraction of sp³-hybridized carbons (Fsp3) is 0.857. The van der Waals surface area contributed by atoms with Crippen molar-refractivity contribution in [2.75, 3.05) is 6.54 Å². The fourth-order valence-corrected chi connectivity index (χ4v) is 4.06. The second-order valence-electron chi connectivity index (χ2n) is 6.71. The predicted octanol–water partition coefficient (Wildman–Crippen LogP) is 0.760. The number of urea groups is 1. The summed E-state index contributed by atoms with van der Waals surface area (Å²) in [6, 6.07) is -2.01. The van der Waals surface area contributed by atoms with Crippen LogP contribution in [-0.2, 0) is 24.3 Å². The number of nitrogens with one attached hydrogen (secondary N) is 1. The highest BCUT2D eigenvalue weighted by molar-refractivity contribution is 7.80. The Hall–Kier alpha value is -1.43. The molecule has 2 atom stereocenters. The second kappa shape index (κ2) is 7.44. The molecule has 11 heteroatoms. The molecule has 0 spiro atoms. The molecule has 2 bridgehead atoms. The number of carbonyl (C=O) groups is 2. The first-order chi connectivity index (χ1) is 11.8. The standard InChI is InChI=1S/C14H23N3O7S/c18-13(15-23-11-5-3-1-2-4-6-11)12-8-7-10-9-16(12)14(19)17(10)24-25(20,21)22/h10-12H,1-9H2,(H,15,18)(H,20,21,22)/t10-,12+/m1/s1. The lowest BCUT2D eigenvalue weighted by molar-refractivity contribution is -0.144. The summed E-state index contributed by atoms with van der Waals surface area (Å²) in [5.41, 5.74) is 2.46. The van der Waals surface area contributed by atoms with E-state index in [2.05, 4.69) is 9.76 Å². The molecule has 0 radical (unpaired) electrons. The van der Waals surface area contributed by atoms with Crippen molar-refractivity contribution in [3.8, 4) is 0 Å². The van der Waals surface area contributed by atoms with Crippen molar-refractivity contribution in [1.29, 1.82) is 0 Å². The predicted molar refractivity (Wildman–Crippen MR) is 84.1 cm³/mol. The fourth-order valence-electron chi connectivity index (χ4n) is 3.67. The molecule has 0 unspecified atom stereocenters. The Morgan fingerprint density at radius 3 is 2.44 bits per heavy atom. The average Bonchev–Trinajstić information content (AvgIpc) is 2.77. The molecule has 1 saturated carbocycles. The van der Waals surface area contributed by atoms with Crippen molar-refractivity contribution >= 4 is 22.3 Å². The van der Waals surface area contributed by atoms with E-state index in [9.17, 15) is 18.0 Å². The minimum atomic E-state index is -4.79. The number of piperidine rings is 1. The summed E-state index contributed by atoms with van der Waals surface area (Å²) in [4.78, 5) is 31.4. The van der Waals surface area contributed by atoms with Crippen molar-refractivity contribution in [2.45, 2.75) is 69.6 Å². The number of carbonyl (C=O) groups excluding carboxylic acids is 2. The van der Waals surface area contributed by atoms with E-state index in [0.717, 1.165) is 25.7 Å². The Kier molecular flexibility index (Phi) is 5.46. The van der Waals surface area contributed by atoms with Crippen LogP contribution in [0.2, 0.25) is 0 Å². The van der Waals surface area contributed by atoms with E-state index < -0.39 is 34.4 Å². The maximum atomic E-state index is 12.4. The summed E-state index contributed by atoms with van der Waals surface area (Å²) in [7, 11) is -4.79. The van der Waals surface area contributed by atoms with Gasteiger partial charge in [-0.15, -0.1) is 4.28 Å². The molecule has 3 fully saturated rings. The highest BCUT2D eigenvalue weighted by atomic mass is 32.3. The first kappa shape index (κ1) is 18.4. The van der Waals surface area contributed by atoms with Gasteiger partial charge < -0.3 is 4.90 Å². The quantitative estimate of drug-likeness (QED) is 0.411. The van der Waals surface area contributed by atoms with E-state index in [1.54, 1.807) is 0 Å². The maximum Gasteiger partial charge on any atom is 0.418 e. The van der Waals surface area contributed by atoms with Crippen LogP contribution in [0.4, 0.5) is 4.79 Å². The minimum absolute atomic E-state index is 0.0172. The van der Waals surface area contributed by atoms with Crippen LogP contribution >= 0.6 is 0 Å². The zero-order valence-electron chi connectivity index (χ0n) is 13.8. The summed E-state index contributed by atoms with van der Waals surface area (Å²) < 4.78 is 34.8. The van der Waals surface area contributed by atoms with Crippen LogP contribution in [-0.4, -0.2) is 59.6 Å². The third-order valence-corrected chi connectivity index (χ3v) is 5.28. The number of nitrogens with zero attached hydrogens (tertiary/aromatic N) is 2. The van der Waals surface area contributed by atoms with Crippen molar-refractivity contribution in [3.05, 3.63) is 0 Å². The number of hydroxylamine groups is 3. The van der Waals surface area contributed by atoms with Gasteiger partial charge in [0.2, 0.25) is 0 Å². The molecule has 0 aromatic heterocycles. The Balaban J connectivity index is 1.56. The Morgan fingerprint density at radius 2 is 1.80 bits per heavy atom. The normalized spacial score (nSPS) is 28.1. The minimum Gasteiger partial charge on any atom is -0.309 e. The monoisotopic (exact) mass is 377 g/mol. The Morgan fingerprint density at radius 1 is 1.12 bits per heavy atom. The molecule has 2 heterocycles. The van der Waals surface area contributed by atoms with Crippen LogP contribution in [0.5, 0.6) is 0 Å². The lowest BCUT2D eigenvalue weighted by Gasteiger charge is -2.29. The lowest BCUT2D eigenvalue weighted by atomic mass is 10.0. The van der Waals surface area contributed by atoms with Crippen LogP contribution in [0, 0.1) is 0 Å². The highest BCUT2D eigenvalue weighted by Gasteiger charge is 2.49. The van der Waals surface area contributed by atoms with E-state index in [4.69, 9.17) is 9.39 Å². The van der Waals surface area contributed by atoms with Gasteiger partial charge in [0.1, 0.15) is 6.04 Å². The van der Waals surface area contributed by atoms with Crippen molar-refractivity contribution in [1.82, 2.24) is 15.4 Å². The van der Waals surface area contributed by atoms with Crippen LogP contribution in [0.1, 0.15) is 51.4 Å². The van der Waals surface area contributed by atoms with Crippen molar-refractivity contribution < 1.29 is 31.7 Å². The molecule has 2 aliphatic heterocycles. The van der Waals surface area contributed by atoms with Gasteiger partial charge in [0.25, 0.3) is 5.91 Å². The second-order valence-corrected chi connectivity index (χ2v) is 7.71. The van der Waals surface area contributed by atoms with Crippen LogP contribution in [0.15, 0.2) is 0 Å². The number of hydrogen-bond donors (Lipinski definition) is 2. The van der Waals surface area contributed by atoms with E-state index in [-0.39, 0.29) is 12.6 Å². The van der Waals surface area contributed by atoms with Crippen LogP contribution < -0.4 is 5.48 Å². The molecule has 3 amide bonds. The van der Waals surface area contributed by atoms with Gasteiger partial charge in [0.05, 0.1) is 12.1 Å². The van der Waals surface area contributed by atoms with E-state index >= 15 is 0 Å². The molecule has 10 nitrogen and oxygen atoms in total. The zero-order chi connectivity index (χ0) is 18.0. The van der Waals surface area contributed by atoms with E-state index in [1.807, 2.05) is 0 Å². The number of amides is 3. The first-order valence-corrected chi connectivity index (χ1v) is 9.94. The molecule has 2 saturated heterocycles. The van der Waals surface area contributed by atoms with Gasteiger partial charge in [-0.1, -0.05) is 25.7 Å². The third kappa shape index (κ3) is 4.40. The van der Waals surface area contributed by atoms with Crippen molar-refractivity contribution in [3.63, 3.8) is 0 Å². The SMILES string of the molecule is O=C(NOC1CCCCCC1)[C@@H]1CC[C@@H]2CN1C(=O)N2OS(=O)(=O)O. The summed E-state index contributed by atoms with van der Waals surface area (Å²) in [6.07, 6.45) is 7.00. The molecule has 2 N–H and O–H groups in total. The summed E-state index contributed by atoms with van der Waals surface area (Å²) >= 11 is 0. The molecule has 1 aliphatic carbocycles. The Bertz CT molecular complexity index is 618. The largest absolute Gasteiger partial charge is 0.418 e. The smallest absolute Gasteiger partial charge is 0.309 e. The van der Waals surface area contributed by atoms with Gasteiger partial charge in [-0.2, -0.15) is 13.5 Å². The number of fused-ring (bicyclic) bond motifs is 2. The van der Waals surface area contributed by atoms with Gasteiger partial charge in [-0.25, -0.2) is 10.3 Å². The highest BCUT2D eigenvalue weighted by Crippen LogP contribution is 2.30. The molecule has 25 heavy (non-hydrogen) atoms. The van der Waals surface area contributed by atoms with E-state index in [0.29, 0.717) is 17.9 Å². The van der Waals surface area contributed by atoms with Crippen LogP contribution in [0.3, 0.4) is 0 Å². The van der Waals surface area contributed by atoms with Crippen molar-refractivity contribution in [2.24, 2.45) is 0 Å². The molecule has 142 valence electrons. The molecule has 3 rings (SSSR count). The lowest BCUT2D eigenvalue weighted by Crippen LogP contribution is -2.50. The molecule has 0 aromatic carbocycles. The summed E-state index contributed by atoms with van der Waals surface area (Å²) in [6.45, 7) is 0.163. The summed E-state index contributed by atoms with van der Waals surface area (Å²) in [5, 5.41) is 0.620. The number of rotatable bonds is 5. The molecule has 3 aliphatic rings. The number of hydrogen-bond acceptors (Lipinski definition) is 6. The average molecular weight is 377 g/mol. The van der Waals surface area contributed by atoms with Gasteiger partial charge in [0.15, 0.2) is 0 Å². The topological polar surface area (TPSA) is 125 Å². The van der Waals surface area contributed by atoms with Gasteiger partial charge in [-0.05, 0) is 25.7 Å². The summed E-state index contributed by atoms with van der Waals surface area (Å²) in [5.74, 6) is -0.426. The molecular weight excluding hydrogens is 354 g/mol. The van der Waals surface area contributed by atoms with Crippen LogP contribution in [0.25, 0.3) is 0 Å². The van der Waals surface area contributed by atoms with Gasteiger partial charge >= 0.3 is 16.4 Å². The van der Waals surface area contributed by atoms with E-state index in [1.165, 1.54) is 17.7 Å². The third-order valence-electron chi connectivity index (χ3n) is 4.93. The molecular formula is C14H23N3O7S. The maximum absolute atomic E-state index is 12.4. The Labute approximate surface area is 146 Å². The van der Waals surface area contributed by atoms with Gasteiger partial charge in [0, 0.05) is 6.54 Å². The van der Waals surface area contributed by atoms with Gasteiger partial charge in [-0.3, -0.25) is 14.2 Å². The first-order valence-electron chi connectivity index (χ1n) is 8.57.